The highest BCUT2D eigenvalue weighted by atomic mass is 16.5. The third kappa shape index (κ3) is 3.84. The van der Waals surface area contributed by atoms with Crippen molar-refractivity contribution in [1.82, 2.24) is 0 Å². The molecule has 1 aromatic carbocycles. The van der Waals surface area contributed by atoms with Gasteiger partial charge in [-0.15, -0.1) is 0 Å². The topological polar surface area (TPSA) is 43.4 Å². The Kier molecular flexibility index (Phi) is 5.31. The molecule has 0 spiro atoms. The highest BCUT2D eigenvalue weighted by molar-refractivity contribution is 6.24. The summed E-state index contributed by atoms with van der Waals surface area (Å²) < 4.78 is 4.92. The Hall–Kier alpha value is -1.90. The fourth-order valence-corrected chi connectivity index (χ4v) is 1.52. The SMILES string of the molecule is CCOC(=O)/C(=C/C(C)C)C(=O)c1ccccc1. The van der Waals surface area contributed by atoms with E-state index in [2.05, 4.69) is 0 Å². The van der Waals surface area contributed by atoms with Crippen LogP contribution in [0.15, 0.2) is 42.0 Å². The molecule has 0 heterocycles. The monoisotopic (exact) mass is 246 g/mol. The lowest BCUT2D eigenvalue weighted by atomic mass is 10.00. The molecule has 18 heavy (non-hydrogen) atoms. The molecule has 1 aromatic rings. The van der Waals surface area contributed by atoms with Gasteiger partial charge in [-0.3, -0.25) is 4.79 Å². The number of allylic oxidation sites excluding steroid dienone is 1. The number of esters is 1. The van der Waals surface area contributed by atoms with E-state index in [4.69, 9.17) is 4.74 Å². The summed E-state index contributed by atoms with van der Waals surface area (Å²) in [5.41, 5.74) is 0.607. The van der Waals surface area contributed by atoms with Crippen LogP contribution >= 0.6 is 0 Å². The van der Waals surface area contributed by atoms with Gasteiger partial charge >= 0.3 is 5.97 Å². The summed E-state index contributed by atoms with van der Waals surface area (Å²) in [6, 6.07) is 8.75. The zero-order valence-corrected chi connectivity index (χ0v) is 11.0. The number of hydrogen-bond donors (Lipinski definition) is 0. The Balaban J connectivity index is 3.05. The Labute approximate surface area is 107 Å². The summed E-state index contributed by atoms with van der Waals surface area (Å²) in [5.74, 6) is -0.736. The van der Waals surface area contributed by atoms with Crippen LogP contribution in [0.25, 0.3) is 0 Å². The average Bonchev–Trinajstić information content (AvgIpc) is 2.36. The largest absolute Gasteiger partial charge is 0.462 e. The van der Waals surface area contributed by atoms with Crippen molar-refractivity contribution in [3.63, 3.8) is 0 Å². The molecular formula is C15H18O3. The van der Waals surface area contributed by atoms with Crippen molar-refractivity contribution in [3.8, 4) is 0 Å². The van der Waals surface area contributed by atoms with Crippen molar-refractivity contribution in [3.05, 3.63) is 47.5 Å². The van der Waals surface area contributed by atoms with Crippen molar-refractivity contribution in [2.75, 3.05) is 6.61 Å². The molecule has 0 saturated carbocycles. The Morgan fingerprint density at radius 1 is 1.22 bits per heavy atom. The fourth-order valence-electron chi connectivity index (χ4n) is 1.52. The molecule has 3 heteroatoms. The van der Waals surface area contributed by atoms with Crippen molar-refractivity contribution in [1.29, 1.82) is 0 Å². The molecule has 0 radical (unpaired) electrons. The minimum Gasteiger partial charge on any atom is -0.462 e. The Morgan fingerprint density at radius 2 is 1.83 bits per heavy atom. The average molecular weight is 246 g/mol. The summed E-state index contributed by atoms with van der Waals surface area (Å²) in [5, 5.41) is 0. The van der Waals surface area contributed by atoms with Gasteiger partial charge < -0.3 is 4.74 Å². The van der Waals surface area contributed by atoms with Gasteiger partial charge in [-0.2, -0.15) is 0 Å². The van der Waals surface area contributed by atoms with E-state index in [-0.39, 0.29) is 23.9 Å². The summed E-state index contributed by atoms with van der Waals surface area (Å²) in [6.45, 7) is 5.81. The molecule has 0 aliphatic heterocycles. The number of benzene rings is 1. The van der Waals surface area contributed by atoms with Crippen LogP contribution < -0.4 is 0 Å². The zero-order chi connectivity index (χ0) is 13.5. The first-order valence-corrected chi connectivity index (χ1v) is 6.05. The zero-order valence-electron chi connectivity index (χ0n) is 11.0. The Morgan fingerprint density at radius 3 is 2.33 bits per heavy atom. The third-order valence-electron chi connectivity index (χ3n) is 2.28. The maximum Gasteiger partial charge on any atom is 0.341 e. The molecule has 0 saturated heterocycles. The first-order chi connectivity index (χ1) is 8.56. The standard InChI is InChI=1S/C15H18O3/c1-4-18-15(17)13(10-11(2)3)14(16)12-8-6-5-7-9-12/h5-11H,4H2,1-3H3/b13-10+. The van der Waals surface area contributed by atoms with Gasteiger partial charge in [-0.1, -0.05) is 50.3 Å². The summed E-state index contributed by atoms with van der Waals surface area (Å²) >= 11 is 0. The molecule has 1 rings (SSSR count). The predicted octanol–water partition coefficient (Wildman–Crippen LogP) is 3.01. The van der Waals surface area contributed by atoms with Crippen LogP contribution in [0.1, 0.15) is 31.1 Å². The van der Waals surface area contributed by atoms with Gasteiger partial charge in [0.25, 0.3) is 0 Å². The normalized spacial score (nSPS) is 11.4. The van der Waals surface area contributed by atoms with Crippen LogP contribution in [-0.2, 0) is 9.53 Å². The van der Waals surface area contributed by atoms with Gasteiger partial charge in [0.1, 0.15) is 5.57 Å². The maximum atomic E-state index is 12.2. The van der Waals surface area contributed by atoms with E-state index in [1.165, 1.54) is 0 Å². The number of Topliss-reactive ketones (excluding diaryl/α,β-unsaturated/α-hetero) is 1. The van der Waals surface area contributed by atoms with E-state index in [0.717, 1.165) is 0 Å². The van der Waals surface area contributed by atoms with Crippen molar-refractivity contribution < 1.29 is 14.3 Å². The van der Waals surface area contributed by atoms with Crippen molar-refractivity contribution >= 4 is 11.8 Å². The third-order valence-corrected chi connectivity index (χ3v) is 2.28. The molecule has 96 valence electrons. The Bertz CT molecular complexity index is 444. The van der Waals surface area contributed by atoms with E-state index >= 15 is 0 Å². The fraction of sp³-hybridized carbons (Fsp3) is 0.333. The molecular weight excluding hydrogens is 228 g/mol. The molecule has 0 aromatic heterocycles. The number of ketones is 1. The molecule has 0 unspecified atom stereocenters. The van der Waals surface area contributed by atoms with E-state index in [9.17, 15) is 9.59 Å². The summed E-state index contributed by atoms with van der Waals surface area (Å²) in [4.78, 5) is 24.0. The van der Waals surface area contributed by atoms with Gasteiger partial charge in [0.05, 0.1) is 6.61 Å². The van der Waals surface area contributed by atoms with Crippen LogP contribution in [0.5, 0.6) is 0 Å². The van der Waals surface area contributed by atoms with Gasteiger partial charge in [-0.25, -0.2) is 4.79 Å². The van der Waals surface area contributed by atoms with Crippen LogP contribution in [0, 0.1) is 5.92 Å². The van der Waals surface area contributed by atoms with Gasteiger partial charge in [-0.05, 0) is 12.8 Å². The molecule has 0 fully saturated rings. The molecule has 0 bridgehead atoms. The number of ether oxygens (including phenoxy) is 1. The van der Waals surface area contributed by atoms with Crippen LogP contribution in [-0.4, -0.2) is 18.4 Å². The first kappa shape index (κ1) is 14.2. The first-order valence-electron chi connectivity index (χ1n) is 6.05. The second-order valence-corrected chi connectivity index (χ2v) is 4.24. The predicted molar refractivity (Wildman–Crippen MR) is 70.3 cm³/mol. The number of rotatable bonds is 5. The van der Waals surface area contributed by atoms with E-state index < -0.39 is 5.97 Å². The van der Waals surface area contributed by atoms with E-state index in [1.807, 2.05) is 19.9 Å². The highest BCUT2D eigenvalue weighted by Gasteiger charge is 2.20. The number of hydrogen-bond acceptors (Lipinski definition) is 3. The van der Waals surface area contributed by atoms with Crippen LogP contribution in [0.3, 0.4) is 0 Å². The summed E-state index contributed by atoms with van der Waals surface area (Å²) in [6.07, 6.45) is 1.65. The van der Waals surface area contributed by atoms with E-state index in [1.54, 1.807) is 37.3 Å². The lowest BCUT2D eigenvalue weighted by molar-refractivity contribution is -0.138. The smallest absolute Gasteiger partial charge is 0.341 e. The minimum absolute atomic E-state index is 0.108. The number of carbonyl (C=O) groups is 2. The van der Waals surface area contributed by atoms with Crippen molar-refractivity contribution in [2.24, 2.45) is 5.92 Å². The second kappa shape index (κ2) is 6.74. The quantitative estimate of drug-likeness (QED) is 0.264. The van der Waals surface area contributed by atoms with Gasteiger partial charge in [0, 0.05) is 5.56 Å². The van der Waals surface area contributed by atoms with Gasteiger partial charge in [0.2, 0.25) is 0 Å². The van der Waals surface area contributed by atoms with Crippen molar-refractivity contribution in [2.45, 2.75) is 20.8 Å². The van der Waals surface area contributed by atoms with Crippen LogP contribution in [0.2, 0.25) is 0 Å². The van der Waals surface area contributed by atoms with E-state index in [0.29, 0.717) is 5.56 Å². The maximum absolute atomic E-state index is 12.2. The molecule has 0 aliphatic carbocycles. The molecule has 0 amide bonds. The molecule has 0 N–H and O–H groups in total. The minimum atomic E-state index is -0.556. The molecule has 0 aliphatic rings. The number of carbonyl (C=O) groups excluding carboxylic acids is 2. The lowest BCUT2D eigenvalue weighted by Gasteiger charge is -2.07. The lowest BCUT2D eigenvalue weighted by Crippen LogP contribution is -2.17. The highest BCUT2D eigenvalue weighted by Crippen LogP contribution is 2.13. The molecule has 3 nitrogen and oxygen atoms in total. The second-order valence-electron chi connectivity index (χ2n) is 4.24. The van der Waals surface area contributed by atoms with Gasteiger partial charge in [0.15, 0.2) is 5.78 Å². The molecule has 0 atom stereocenters. The van der Waals surface area contributed by atoms with Crippen LogP contribution in [0.4, 0.5) is 0 Å². The summed E-state index contributed by atoms with van der Waals surface area (Å²) in [7, 11) is 0.